The zero-order valence-corrected chi connectivity index (χ0v) is 15.1. The lowest BCUT2D eigenvalue weighted by Gasteiger charge is -2.15. The quantitative estimate of drug-likeness (QED) is 0.803. The predicted molar refractivity (Wildman–Crippen MR) is 101 cm³/mol. The lowest BCUT2D eigenvalue weighted by Crippen LogP contribution is -2.36. The van der Waals surface area contributed by atoms with Crippen molar-refractivity contribution in [1.82, 2.24) is 5.32 Å². The minimum atomic E-state index is -0.516. The standard InChI is InChI=1S/C18H14ClN3O3S/c19-12-4-5-16(26)15(7-12)17(23)21-9-14-10-22(18(24)25-14)13-3-1-2-11(6-13)8-20/h1-4,6-7,14H,5,9-10H2,(H,21,23). The van der Waals surface area contributed by atoms with Gasteiger partial charge in [-0.1, -0.05) is 36.0 Å². The summed E-state index contributed by atoms with van der Waals surface area (Å²) >= 11 is 11.1. The molecule has 3 rings (SSSR count). The van der Waals surface area contributed by atoms with E-state index in [1.54, 1.807) is 30.3 Å². The number of anilines is 1. The highest BCUT2D eigenvalue weighted by Gasteiger charge is 2.33. The number of allylic oxidation sites excluding steroid dienone is 3. The molecule has 0 spiro atoms. The largest absolute Gasteiger partial charge is 0.442 e. The number of hydrogen-bond acceptors (Lipinski definition) is 5. The van der Waals surface area contributed by atoms with Crippen molar-refractivity contribution in [2.75, 3.05) is 18.0 Å². The van der Waals surface area contributed by atoms with Crippen LogP contribution in [0.3, 0.4) is 0 Å². The second-order valence-corrected chi connectivity index (χ2v) is 6.69. The zero-order chi connectivity index (χ0) is 18.7. The van der Waals surface area contributed by atoms with Gasteiger partial charge in [-0.05, 0) is 24.3 Å². The molecule has 1 fully saturated rings. The smallest absolute Gasteiger partial charge is 0.414 e. The van der Waals surface area contributed by atoms with Gasteiger partial charge in [0, 0.05) is 22.0 Å². The Bertz CT molecular complexity index is 888. The van der Waals surface area contributed by atoms with Crippen LogP contribution in [0.15, 0.2) is 47.0 Å². The third-order valence-electron chi connectivity index (χ3n) is 3.96. The predicted octanol–water partition coefficient (Wildman–Crippen LogP) is 2.82. The van der Waals surface area contributed by atoms with E-state index in [1.807, 2.05) is 6.07 Å². The maximum Gasteiger partial charge on any atom is 0.414 e. The molecule has 2 aliphatic rings. The SMILES string of the molecule is N#Cc1cccc(N2CC(CNC(=O)C3=CC(Cl)=CCC3=S)OC2=O)c1. The molecule has 0 saturated carbocycles. The van der Waals surface area contributed by atoms with Gasteiger partial charge in [-0.3, -0.25) is 9.69 Å². The average Bonchev–Trinajstić information content (AvgIpc) is 3.02. The molecule has 1 heterocycles. The topological polar surface area (TPSA) is 82.4 Å². The van der Waals surface area contributed by atoms with Gasteiger partial charge in [0.25, 0.3) is 5.91 Å². The van der Waals surface area contributed by atoms with Gasteiger partial charge in [0.1, 0.15) is 6.10 Å². The van der Waals surface area contributed by atoms with Crippen LogP contribution in [-0.2, 0) is 9.53 Å². The summed E-state index contributed by atoms with van der Waals surface area (Å²) < 4.78 is 5.29. The first kappa shape index (κ1) is 18.1. The van der Waals surface area contributed by atoms with E-state index >= 15 is 0 Å². The van der Waals surface area contributed by atoms with Gasteiger partial charge in [-0.15, -0.1) is 0 Å². The summed E-state index contributed by atoms with van der Waals surface area (Å²) in [5.41, 5.74) is 1.39. The maximum absolute atomic E-state index is 12.3. The van der Waals surface area contributed by atoms with Crippen LogP contribution in [0.1, 0.15) is 12.0 Å². The molecule has 1 aliphatic heterocycles. The number of nitriles is 1. The minimum Gasteiger partial charge on any atom is -0.442 e. The highest BCUT2D eigenvalue weighted by Crippen LogP contribution is 2.23. The molecule has 26 heavy (non-hydrogen) atoms. The first-order valence-electron chi connectivity index (χ1n) is 7.85. The van der Waals surface area contributed by atoms with E-state index in [4.69, 9.17) is 33.8 Å². The summed E-state index contributed by atoms with van der Waals surface area (Å²) in [6.45, 7) is 0.429. The maximum atomic E-state index is 12.3. The van der Waals surface area contributed by atoms with Crippen molar-refractivity contribution >= 4 is 46.4 Å². The van der Waals surface area contributed by atoms with Gasteiger partial charge in [-0.2, -0.15) is 5.26 Å². The Morgan fingerprint density at radius 1 is 1.50 bits per heavy atom. The number of nitrogens with one attached hydrogen (secondary N) is 1. The van der Waals surface area contributed by atoms with Crippen molar-refractivity contribution in [3.8, 4) is 6.07 Å². The van der Waals surface area contributed by atoms with Crippen LogP contribution in [0.4, 0.5) is 10.5 Å². The Morgan fingerprint density at radius 3 is 3.08 bits per heavy atom. The van der Waals surface area contributed by atoms with Crippen LogP contribution >= 0.6 is 23.8 Å². The fourth-order valence-corrected chi connectivity index (χ4v) is 3.07. The second kappa shape index (κ2) is 7.68. The number of amides is 2. The molecular weight excluding hydrogens is 374 g/mol. The van der Waals surface area contributed by atoms with Gasteiger partial charge < -0.3 is 10.1 Å². The lowest BCUT2D eigenvalue weighted by molar-refractivity contribution is -0.117. The summed E-state index contributed by atoms with van der Waals surface area (Å²) in [5.74, 6) is -0.345. The molecule has 0 bridgehead atoms. The molecule has 8 heteroatoms. The third kappa shape index (κ3) is 3.93. The Balaban J connectivity index is 1.61. The van der Waals surface area contributed by atoms with E-state index in [2.05, 4.69) is 5.32 Å². The molecule has 1 saturated heterocycles. The number of hydrogen-bond donors (Lipinski definition) is 1. The fraction of sp³-hybridized carbons (Fsp3) is 0.222. The first-order chi connectivity index (χ1) is 12.5. The van der Waals surface area contributed by atoms with Crippen molar-refractivity contribution in [2.45, 2.75) is 12.5 Å². The third-order valence-corrected chi connectivity index (χ3v) is 4.61. The minimum absolute atomic E-state index is 0.153. The van der Waals surface area contributed by atoms with Crippen LogP contribution in [0.5, 0.6) is 0 Å². The van der Waals surface area contributed by atoms with E-state index in [-0.39, 0.29) is 19.0 Å². The van der Waals surface area contributed by atoms with Crippen LogP contribution in [0.2, 0.25) is 0 Å². The molecule has 6 nitrogen and oxygen atoms in total. The molecule has 2 amide bonds. The fourth-order valence-electron chi connectivity index (χ4n) is 2.65. The van der Waals surface area contributed by atoms with Gasteiger partial charge in [0.05, 0.1) is 30.3 Å². The Hall–Kier alpha value is -2.69. The lowest BCUT2D eigenvalue weighted by atomic mass is 10.0. The normalized spacial score (nSPS) is 19.4. The monoisotopic (exact) mass is 387 g/mol. The molecule has 1 atom stereocenters. The van der Waals surface area contributed by atoms with Crippen molar-refractivity contribution in [3.05, 3.63) is 52.6 Å². The molecule has 0 radical (unpaired) electrons. The van der Waals surface area contributed by atoms with Crippen LogP contribution in [0.25, 0.3) is 0 Å². The van der Waals surface area contributed by atoms with E-state index < -0.39 is 12.2 Å². The molecule has 1 aliphatic carbocycles. The molecule has 1 unspecified atom stereocenters. The summed E-state index contributed by atoms with van der Waals surface area (Å²) in [4.78, 5) is 26.3. The molecule has 132 valence electrons. The Labute approximate surface area is 160 Å². The summed E-state index contributed by atoms with van der Waals surface area (Å²) in [6.07, 6.45) is 2.71. The van der Waals surface area contributed by atoms with E-state index in [0.29, 0.717) is 33.1 Å². The number of benzene rings is 1. The van der Waals surface area contributed by atoms with Crippen LogP contribution in [0, 0.1) is 11.3 Å². The van der Waals surface area contributed by atoms with E-state index in [1.165, 1.54) is 11.0 Å². The van der Waals surface area contributed by atoms with Gasteiger partial charge >= 0.3 is 6.09 Å². The summed E-state index contributed by atoms with van der Waals surface area (Å²) in [7, 11) is 0. The second-order valence-electron chi connectivity index (χ2n) is 5.76. The van der Waals surface area contributed by atoms with Crippen LogP contribution < -0.4 is 10.2 Å². The van der Waals surface area contributed by atoms with Crippen LogP contribution in [-0.4, -0.2) is 36.1 Å². The van der Waals surface area contributed by atoms with E-state index in [9.17, 15) is 9.59 Å². The number of carbonyl (C=O) groups excluding carboxylic acids is 2. The van der Waals surface area contributed by atoms with Gasteiger partial charge in [-0.25, -0.2) is 4.79 Å². The Morgan fingerprint density at radius 2 is 2.31 bits per heavy atom. The number of thiocarbonyl (C=S) groups is 1. The number of cyclic esters (lactones) is 1. The highest BCUT2D eigenvalue weighted by atomic mass is 35.5. The summed E-state index contributed by atoms with van der Waals surface area (Å²) in [5, 5.41) is 12.2. The van der Waals surface area contributed by atoms with Crippen molar-refractivity contribution in [2.24, 2.45) is 0 Å². The molecular formula is C18H14ClN3O3S. The van der Waals surface area contributed by atoms with Crippen molar-refractivity contribution < 1.29 is 14.3 Å². The molecule has 1 aromatic carbocycles. The summed E-state index contributed by atoms with van der Waals surface area (Å²) in [6, 6.07) is 8.72. The van der Waals surface area contributed by atoms with E-state index in [0.717, 1.165) is 0 Å². The molecule has 0 aromatic heterocycles. The number of rotatable bonds is 4. The number of halogens is 1. The number of ether oxygens (including phenoxy) is 1. The Kier molecular flexibility index (Phi) is 5.35. The van der Waals surface area contributed by atoms with Crippen molar-refractivity contribution in [1.29, 1.82) is 5.26 Å². The number of nitrogens with zero attached hydrogens (tertiary/aromatic N) is 2. The average molecular weight is 388 g/mol. The number of carbonyl (C=O) groups is 2. The van der Waals surface area contributed by atoms with Crippen molar-refractivity contribution in [3.63, 3.8) is 0 Å². The highest BCUT2D eigenvalue weighted by molar-refractivity contribution is 7.81. The zero-order valence-electron chi connectivity index (χ0n) is 13.6. The molecule has 1 N–H and O–H groups in total. The molecule has 1 aromatic rings. The van der Waals surface area contributed by atoms with Gasteiger partial charge in [0.2, 0.25) is 0 Å². The first-order valence-corrected chi connectivity index (χ1v) is 8.63. The van der Waals surface area contributed by atoms with Gasteiger partial charge in [0.15, 0.2) is 0 Å².